The Hall–Kier alpha value is -2.47. The summed E-state index contributed by atoms with van der Waals surface area (Å²) in [5, 5.41) is 1.23. The van der Waals surface area contributed by atoms with Crippen molar-refractivity contribution in [3.8, 4) is 5.75 Å². The number of benzene rings is 1. The van der Waals surface area contributed by atoms with Gasteiger partial charge in [0.2, 0.25) is 5.95 Å². The van der Waals surface area contributed by atoms with Gasteiger partial charge in [0.25, 0.3) is 0 Å². The van der Waals surface area contributed by atoms with Crippen molar-refractivity contribution in [2.24, 2.45) is 0 Å². The van der Waals surface area contributed by atoms with Crippen LogP contribution in [0.1, 0.15) is 24.7 Å². The molecular formula is C17H22ClN5O. The highest BCUT2D eigenvalue weighted by Crippen LogP contribution is 2.25. The summed E-state index contributed by atoms with van der Waals surface area (Å²) in [6.45, 7) is 2.54. The molecule has 0 saturated heterocycles. The summed E-state index contributed by atoms with van der Waals surface area (Å²) >= 11 is 0. The molecule has 5 N–H and O–H groups in total. The molecule has 0 atom stereocenters. The lowest BCUT2D eigenvalue weighted by Gasteiger charge is -2.11. The van der Waals surface area contributed by atoms with Crippen LogP contribution in [0.25, 0.3) is 10.9 Å². The number of hydrogen-bond donors (Lipinski definition) is 3. The number of para-hydroxylation sites is 1. The van der Waals surface area contributed by atoms with Crippen molar-refractivity contribution in [2.75, 3.05) is 18.1 Å². The van der Waals surface area contributed by atoms with Crippen LogP contribution >= 0.6 is 12.4 Å². The molecule has 0 radical (unpaired) electrons. The van der Waals surface area contributed by atoms with E-state index < -0.39 is 0 Å². The highest BCUT2D eigenvalue weighted by molar-refractivity contribution is 5.85. The molecule has 3 rings (SSSR count). The van der Waals surface area contributed by atoms with E-state index in [1.165, 1.54) is 11.1 Å². The van der Waals surface area contributed by atoms with Gasteiger partial charge in [0.1, 0.15) is 0 Å². The third-order valence-electron chi connectivity index (χ3n) is 3.74. The molecule has 24 heavy (non-hydrogen) atoms. The number of halogens is 1. The second-order valence-corrected chi connectivity index (χ2v) is 5.43. The van der Waals surface area contributed by atoms with Crippen LogP contribution in [0.5, 0.6) is 5.75 Å². The number of aromatic amines is 1. The Balaban J connectivity index is 0.00000208. The van der Waals surface area contributed by atoms with Crippen molar-refractivity contribution in [1.29, 1.82) is 0 Å². The highest BCUT2D eigenvalue weighted by atomic mass is 35.5. The average Bonchev–Trinajstić information content (AvgIpc) is 2.95. The maximum Gasteiger partial charge on any atom is 0.222 e. The molecule has 7 heteroatoms. The number of nitrogens with zero attached hydrogens (tertiary/aromatic N) is 2. The van der Waals surface area contributed by atoms with Crippen LogP contribution in [-0.2, 0) is 12.8 Å². The smallest absolute Gasteiger partial charge is 0.222 e. The Morgan fingerprint density at radius 3 is 2.71 bits per heavy atom. The SMILES string of the molecule is CCc1nc(N)nc(N)c1OCCCc1cc2ccccc2[nH]1.Cl. The summed E-state index contributed by atoms with van der Waals surface area (Å²) in [6.07, 6.45) is 2.49. The van der Waals surface area contributed by atoms with Crippen molar-refractivity contribution in [1.82, 2.24) is 15.0 Å². The summed E-state index contributed by atoms with van der Waals surface area (Å²) in [5.41, 5.74) is 14.6. The van der Waals surface area contributed by atoms with E-state index in [0.717, 1.165) is 24.1 Å². The fraction of sp³-hybridized carbons (Fsp3) is 0.294. The molecule has 6 nitrogen and oxygen atoms in total. The number of nitrogens with two attached hydrogens (primary N) is 2. The minimum atomic E-state index is 0. The molecule has 0 unspecified atom stereocenters. The molecule has 0 saturated carbocycles. The molecule has 2 heterocycles. The van der Waals surface area contributed by atoms with E-state index in [2.05, 4.69) is 33.2 Å². The molecule has 0 amide bonds. The predicted molar refractivity (Wildman–Crippen MR) is 99.6 cm³/mol. The maximum atomic E-state index is 5.88. The van der Waals surface area contributed by atoms with Gasteiger partial charge in [-0.15, -0.1) is 12.4 Å². The van der Waals surface area contributed by atoms with Crippen LogP contribution in [0, 0.1) is 0 Å². The first-order valence-electron chi connectivity index (χ1n) is 7.78. The summed E-state index contributed by atoms with van der Waals surface area (Å²) in [4.78, 5) is 11.5. The Morgan fingerprint density at radius 2 is 1.96 bits per heavy atom. The third kappa shape index (κ3) is 3.89. The molecule has 0 bridgehead atoms. The third-order valence-corrected chi connectivity index (χ3v) is 3.74. The predicted octanol–water partition coefficient (Wildman–Crippen LogP) is 3.12. The van der Waals surface area contributed by atoms with Crippen molar-refractivity contribution in [3.05, 3.63) is 41.7 Å². The molecular weight excluding hydrogens is 326 g/mol. The number of ether oxygens (including phenoxy) is 1. The van der Waals surface area contributed by atoms with Gasteiger partial charge in [-0.25, -0.2) is 4.98 Å². The number of hydrogen-bond acceptors (Lipinski definition) is 5. The number of nitrogens with one attached hydrogen (secondary N) is 1. The Kier molecular flexibility index (Phi) is 5.87. The number of aryl methyl sites for hydroxylation is 2. The van der Waals surface area contributed by atoms with E-state index >= 15 is 0 Å². The number of anilines is 2. The van der Waals surface area contributed by atoms with Crippen molar-refractivity contribution in [2.45, 2.75) is 26.2 Å². The number of nitrogen functional groups attached to an aromatic ring is 2. The fourth-order valence-electron chi connectivity index (χ4n) is 2.64. The summed E-state index contributed by atoms with van der Waals surface area (Å²) in [5.74, 6) is 1.04. The monoisotopic (exact) mass is 347 g/mol. The maximum absolute atomic E-state index is 5.88. The first-order chi connectivity index (χ1) is 11.2. The van der Waals surface area contributed by atoms with Gasteiger partial charge in [0.05, 0.1) is 12.3 Å². The van der Waals surface area contributed by atoms with Crippen LogP contribution in [0.3, 0.4) is 0 Å². The first-order valence-corrected chi connectivity index (χ1v) is 7.78. The van der Waals surface area contributed by atoms with Crippen LogP contribution < -0.4 is 16.2 Å². The van der Waals surface area contributed by atoms with E-state index in [4.69, 9.17) is 16.2 Å². The molecule has 0 fully saturated rings. The van der Waals surface area contributed by atoms with Crippen LogP contribution in [0.15, 0.2) is 30.3 Å². The number of H-pyrrole nitrogens is 1. The Bertz CT molecular complexity index is 785. The lowest BCUT2D eigenvalue weighted by Crippen LogP contribution is -2.09. The van der Waals surface area contributed by atoms with E-state index in [9.17, 15) is 0 Å². The van der Waals surface area contributed by atoms with Crippen molar-refractivity contribution in [3.63, 3.8) is 0 Å². The quantitative estimate of drug-likeness (QED) is 0.594. The summed E-state index contributed by atoms with van der Waals surface area (Å²) in [7, 11) is 0. The van der Waals surface area contributed by atoms with Gasteiger partial charge in [0, 0.05) is 11.2 Å². The van der Waals surface area contributed by atoms with Gasteiger partial charge in [0.15, 0.2) is 11.6 Å². The number of aromatic nitrogens is 3. The van der Waals surface area contributed by atoms with Gasteiger partial charge in [-0.1, -0.05) is 25.1 Å². The van der Waals surface area contributed by atoms with E-state index in [1.54, 1.807) is 0 Å². The lowest BCUT2D eigenvalue weighted by atomic mass is 10.2. The molecule has 2 aromatic heterocycles. The van der Waals surface area contributed by atoms with E-state index in [1.807, 2.05) is 19.1 Å². The van der Waals surface area contributed by atoms with E-state index in [0.29, 0.717) is 24.6 Å². The zero-order chi connectivity index (χ0) is 16.2. The molecule has 0 aliphatic rings. The van der Waals surface area contributed by atoms with Gasteiger partial charge in [-0.2, -0.15) is 4.98 Å². The van der Waals surface area contributed by atoms with Crippen molar-refractivity contribution < 1.29 is 4.74 Å². The molecule has 3 aromatic rings. The Labute approximate surface area is 147 Å². The average molecular weight is 348 g/mol. The van der Waals surface area contributed by atoms with Crippen LogP contribution in [-0.4, -0.2) is 21.6 Å². The molecule has 0 spiro atoms. The van der Waals surface area contributed by atoms with Gasteiger partial charge in [-0.3, -0.25) is 0 Å². The van der Waals surface area contributed by atoms with Crippen molar-refractivity contribution >= 4 is 35.1 Å². The molecule has 128 valence electrons. The standard InChI is InChI=1S/C17H21N5O.ClH/c1-2-13-15(16(18)22-17(19)21-13)23-9-5-7-12-10-11-6-3-4-8-14(11)20-12;/h3-4,6,8,10,20H,2,5,7,9H2,1H3,(H4,18,19,21,22);1H. The molecule has 0 aliphatic heterocycles. The Morgan fingerprint density at radius 1 is 1.17 bits per heavy atom. The zero-order valence-corrected chi connectivity index (χ0v) is 14.4. The van der Waals surface area contributed by atoms with Gasteiger partial charge < -0.3 is 21.2 Å². The molecule has 0 aliphatic carbocycles. The number of fused-ring (bicyclic) bond motifs is 1. The summed E-state index contributed by atoms with van der Waals surface area (Å²) < 4.78 is 5.79. The topological polar surface area (TPSA) is 103 Å². The van der Waals surface area contributed by atoms with Crippen LogP contribution in [0.4, 0.5) is 11.8 Å². The largest absolute Gasteiger partial charge is 0.488 e. The fourth-order valence-corrected chi connectivity index (χ4v) is 2.64. The van der Waals surface area contributed by atoms with Gasteiger partial charge in [-0.05, 0) is 36.8 Å². The normalized spacial score (nSPS) is 10.5. The highest BCUT2D eigenvalue weighted by Gasteiger charge is 2.11. The zero-order valence-electron chi connectivity index (χ0n) is 13.6. The van der Waals surface area contributed by atoms with E-state index in [-0.39, 0.29) is 18.4 Å². The first kappa shape index (κ1) is 17.9. The second kappa shape index (κ2) is 7.88. The number of rotatable bonds is 6. The minimum absolute atomic E-state index is 0. The summed E-state index contributed by atoms with van der Waals surface area (Å²) in [6, 6.07) is 10.4. The molecule has 1 aromatic carbocycles. The lowest BCUT2D eigenvalue weighted by molar-refractivity contribution is 0.307. The van der Waals surface area contributed by atoms with Crippen LogP contribution in [0.2, 0.25) is 0 Å². The minimum Gasteiger partial charge on any atom is -0.488 e. The second-order valence-electron chi connectivity index (χ2n) is 5.43. The van der Waals surface area contributed by atoms with Gasteiger partial charge >= 0.3 is 0 Å².